The number of aromatic nitrogens is 2. The van der Waals surface area contributed by atoms with E-state index in [1.165, 1.54) is 0 Å². The van der Waals surface area contributed by atoms with Gasteiger partial charge in [0, 0.05) is 30.9 Å². The Morgan fingerprint density at radius 3 is 2.81 bits per heavy atom. The molecule has 6 nitrogen and oxygen atoms in total. The van der Waals surface area contributed by atoms with Crippen LogP contribution in [0.2, 0.25) is 0 Å². The fourth-order valence-electron chi connectivity index (χ4n) is 4.84. The van der Waals surface area contributed by atoms with Gasteiger partial charge in [0.05, 0.1) is 11.2 Å². The first-order chi connectivity index (χ1) is 15.0. The topological polar surface area (TPSA) is 75.1 Å². The maximum Gasteiger partial charge on any atom is 0.270 e. The highest BCUT2D eigenvalue weighted by atomic mass is 16.3. The van der Waals surface area contributed by atoms with Crippen molar-refractivity contribution in [2.75, 3.05) is 11.4 Å². The standard InChI is InChI=1S/C25H24N4O2/c1-15-8-9-22-20(12-15)27-24(31-22)17-10-11-29(16(2)13-17)23-18-6-4-5-7-21(18)28(3)25(30)19(23)14-26/h4-9,12,16-17H,10-11,13H2,1-3H3/t16-,17-/m0/s1. The van der Waals surface area contributed by atoms with E-state index >= 15 is 0 Å². The number of fused-ring (bicyclic) bond motifs is 2. The Morgan fingerprint density at radius 1 is 1.23 bits per heavy atom. The molecule has 156 valence electrons. The Morgan fingerprint density at radius 2 is 2.03 bits per heavy atom. The number of anilines is 1. The van der Waals surface area contributed by atoms with E-state index in [0.29, 0.717) is 0 Å². The third-order valence-corrected chi connectivity index (χ3v) is 6.46. The molecule has 0 aliphatic carbocycles. The minimum Gasteiger partial charge on any atom is -0.440 e. The van der Waals surface area contributed by atoms with Crippen LogP contribution in [-0.4, -0.2) is 22.1 Å². The van der Waals surface area contributed by atoms with Crippen LogP contribution >= 0.6 is 0 Å². The van der Waals surface area contributed by atoms with Gasteiger partial charge in [0.1, 0.15) is 17.1 Å². The Bertz CT molecular complexity index is 1410. The van der Waals surface area contributed by atoms with Gasteiger partial charge >= 0.3 is 0 Å². The van der Waals surface area contributed by atoms with Crippen LogP contribution in [0.4, 0.5) is 5.69 Å². The maximum atomic E-state index is 12.9. The van der Waals surface area contributed by atoms with Crippen LogP contribution in [0.25, 0.3) is 22.0 Å². The summed E-state index contributed by atoms with van der Waals surface area (Å²) in [6.45, 7) is 4.93. The van der Waals surface area contributed by atoms with Crippen LogP contribution in [0.1, 0.15) is 42.7 Å². The molecule has 0 N–H and O–H groups in total. The molecule has 0 bridgehead atoms. The molecule has 0 unspecified atom stereocenters. The third-order valence-electron chi connectivity index (χ3n) is 6.46. The largest absolute Gasteiger partial charge is 0.440 e. The molecule has 6 heteroatoms. The van der Waals surface area contributed by atoms with E-state index in [2.05, 4.69) is 24.8 Å². The summed E-state index contributed by atoms with van der Waals surface area (Å²) in [4.78, 5) is 19.8. The fraction of sp³-hybridized carbons (Fsp3) is 0.320. The zero-order valence-corrected chi connectivity index (χ0v) is 17.9. The monoisotopic (exact) mass is 412 g/mol. The van der Waals surface area contributed by atoms with E-state index in [1.54, 1.807) is 11.6 Å². The summed E-state index contributed by atoms with van der Waals surface area (Å²) in [6, 6.07) is 16.2. The first-order valence-electron chi connectivity index (χ1n) is 10.6. The van der Waals surface area contributed by atoms with E-state index in [1.807, 2.05) is 42.5 Å². The molecule has 0 amide bonds. The molecule has 1 saturated heterocycles. The van der Waals surface area contributed by atoms with Crippen LogP contribution in [-0.2, 0) is 7.05 Å². The lowest BCUT2D eigenvalue weighted by molar-refractivity contribution is 0.368. The molecule has 4 aromatic rings. The molecule has 5 rings (SSSR count). The van der Waals surface area contributed by atoms with Gasteiger partial charge in [-0.2, -0.15) is 5.26 Å². The van der Waals surface area contributed by atoms with Crippen molar-refractivity contribution in [1.29, 1.82) is 5.26 Å². The smallest absolute Gasteiger partial charge is 0.270 e. The van der Waals surface area contributed by atoms with Gasteiger partial charge in [-0.15, -0.1) is 0 Å². The molecule has 0 radical (unpaired) electrons. The number of pyridine rings is 1. The van der Waals surface area contributed by atoms with Gasteiger partial charge in [-0.3, -0.25) is 4.79 Å². The van der Waals surface area contributed by atoms with Crippen molar-refractivity contribution >= 4 is 27.7 Å². The highest BCUT2D eigenvalue weighted by molar-refractivity contribution is 5.95. The van der Waals surface area contributed by atoms with Gasteiger partial charge in [-0.05, 0) is 50.5 Å². The zero-order valence-electron chi connectivity index (χ0n) is 17.9. The second kappa shape index (κ2) is 7.28. The SMILES string of the molecule is Cc1ccc2oc([C@H]3CCN(c4c(C#N)c(=O)n(C)c5ccccc45)[C@@H](C)C3)nc2c1. The number of hydrogen-bond acceptors (Lipinski definition) is 5. The van der Waals surface area contributed by atoms with Crippen molar-refractivity contribution in [3.05, 3.63) is 69.8 Å². The Kier molecular flexibility index (Phi) is 4.55. The van der Waals surface area contributed by atoms with Gasteiger partial charge in [-0.25, -0.2) is 4.98 Å². The van der Waals surface area contributed by atoms with Crippen molar-refractivity contribution in [1.82, 2.24) is 9.55 Å². The Labute approximate surface area is 180 Å². The van der Waals surface area contributed by atoms with Crippen molar-refractivity contribution in [3.8, 4) is 6.07 Å². The summed E-state index contributed by atoms with van der Waals surface area (Å²) in [5.41, 5.74) is 4.43. The molecule has 2 atom stereocenters. The number of hydrogen-bond donors (Lipinski definition) is 0. The number of nitriles is 1. The van der Waals surface area contributed by atoms with Gasteiger partial charge in [-0.1, -0.05) is 24.3 Å². The molecule has 1 aliphatic rings. The van der Waals surface area contributed by atoms with Crippen LogP contribution in [0.5, 0.6) is 0 Å². The van der Waals surface area contributed by atoms with Crippen molar-refractivity contribution < 1.29 is 4.42 Å². The number of nitrogens with zero attached hydrogens (tertiary/aromatic N) is 4. The lowest BCUT2D eigenvalue weighted by Crippen LogP contribution is -2.42. The van der Waals surface area contributed by atoms with E-state index in [4.69, 9.17) is 9.40 Å². The number of rotatable bonds is 2. The average Bonchev–Trinajstić information content (AvgIpc) is 3.19. The summed E-state index contributed by atoms with van der Waals surface area (Å²) in [7, 11) is 1.72. The molecule has 1 aliphatic heterocycles. The summed E-state index contributed by atoms with van der Waals surface area (Å²) < 4.78 is 7.63. The van der Waals surface area contributed by atoms with Crippen LogP contribution in [0.15, 0.2) is 51.7 Å². The maximum absolute atomic E-state index is 12.9. The van der Waals surface area contributed by atoms with Gasteiger partial charge in [0.25, 0.3) is 5.56 Å². The number of aryl methyl sites for hydroxylation is 2. The number of piperidine rings is 1. The quantitative estimate of drug-likeness (QED) is 0.480. The molecule has 2 aromatic carbocycles. The number of para-hydroxylation sites is 1. The molecule has 3 heterocycles. The van der Waals surface area contributed by atoms with Crippen LogP contribution < -0.4 is 10.5 Å². The zero-order chi connectivity index (χ0) is 21.7. The molecular weight excluding hydrogens is 388 g/mol. The van der Waals surface area contributed by atoms with Crippen molar-refractivity contribution in [2.24, 2.45) is 7.05 Å². The predicted molar refractivity (Wildman–Crippen MR) is 121 cm³/mol. The van der Waals surface area contributed by atoms with Crippen LogP contribution in [0, 0.1) is 18.3 Å². The van der Waals surface area contributed by atoms with Crippen molar-refractivity contribution in [2.45, 2.75) is 38.6 Å². The summed E-state index contributed by atoms with van der Waals surface area (Å²) in [6.07, 6.45) is 1.70. The van der Waals surface area contributed by atoms with E-state index in [-0.39, 0.29) is 23.1 Å². The summed E-state index contributed by atoms with van der Waals surface area (Å²) in [5.74, 6) is 0.990. The molecule has 0 spiro atoms. The molecule has 1 fully saturated rings. The minimum atomic E-state index is -0.250. The highest BCUT2D eigenvalue weighted by Gasteiger charge is 2.32. The minimum absolute atomic E-state index is 0.137. The summed E-state index contributed by atoms with van der Waals surface area (Å²) in [5, 5.41) is 10.8. The lowest BCUT2D eigenvalue weighted by Gasteiger charge is -2.39. The van der Waals surface area contributed by atoms with Gasteiger partial charge in [0.15, 0.2) is 11.5 Å². The van der Waals surface area contributed by atoms with Crippen LogP contribution in [0.3, 0.4) is 0 Å². The van der Waals surface area contributed by atoms with Gasteiger partial charge in [0.2, 0.25) is 0 Å². The van der Waals surface area contributed by atoms with E-state index in [9.17, 15) is 10.1 Å². The summed E-state index contributed by atoms with van der Waals surface area (Å²) >= 11 is 0. The fourth-order valence-corrected chi connectivity index (χ4v) is 4.84. The number of benzene rings is 2. The average molecular weight is 412 g/mol. The number of oxazole rings is 1. The first kappa shape index (κ1) is 19.4. The Hall–Kier alpha value is -3.59. The molecule has 31 heavy (non-hydrogen) atoms. The van der Waals surface area contributed by atoms with E-state index < -0.39 is 0 Å². The second-order valence-electron chi connectivity index (χ2n) is 8.50. The molecule has 2 aromatic heterocycles. The second-order valence-corrected chi connectivity index (χ2v) is 8.50. The molecule has 0 saturated carbocycles. The first-order valence-corrected chi connectivity index (χ1v) is 10.6. The molecular formula is C25H24N4O2. The highest BCUT2D eigenvalue weighted by Crippen LogP contribution is 2.38. The van der Waals surface area contributed by atoms with Gasteiger partial charge < -0.3 is 13.9 Å². The predicted octanol–water partition coefficient (Wildman–Crippen LogP) is 4.63. The van der Waals surface area contributed by atoms with E-state index in [0.717, 1.165) is 58.5 Å². The Balaban J connectivity index is 1.53. The third kappa shape index (κ3) is 3.09. The lowest BCUT2D eigenvalue weighted by atomic mass is 9.90. The normalized spacial score (nSPS) is 19.1. The van der Waals surface area contributed by atoms with Crippen molar-refractivity contribution in [3.63, 3.8) is 0 Å².